The number of carbonyl (C=O) groups excluding carboxylic acids is 1. The molecule has 0 unspecified atom stereocenters. The monoisotopic (exact) mass is 337 g/mol. The van der Waals surface area contributed by atoms with Crippen molar-refractivity contribution in [1.82, 2.24) is 10.3 Å². The van der Waals surface area contributed by atoms with Crippen LogP contribution >= 0.6 is 11.6 Å². The van der Waals surface area contributed by atoms with Gasteiger partial charge in [0.1, 0.15) is 11.9 Å². The molecule has 0 bridgehead atoms. The Kier molecular flexibility index (Phi) is 5.47. The first kappa shape index (κ1) is 16.8. The molecular weight excluding hydrogens is 323 g/mol. The van der Waals surface area contributed by atoms with Gasteiger partial charge >= 0.3 is 6.18 Å². The van der Waals surface area contributed by atoms with Crippen LogP contribution in [0.4, 0.5) is 19.0 Å². The van der Waals surface area contributed by atoms with E-state index in [1.807, 2.05) is 0 Å². The lowest BCUT2D eigenvalue weighted by Crippen LogP contribution is -2.36. The highest BCUT2D eigenvalue weighted by Crippen LogP contribution is 2.32. The van der Waals surface area contributed by atoms with Gasteiger partial charge in [0, 0.05) is 25.9 Å². The topological polar surface area (TPSA) is 63.2 Å². The van der Waals surface area contributed by atoms with Crippen molar-refractivity contribution in [3.8, 4) is 0 Å². The SMILES string of the molecule is O=C(NCCNc1ncc(C(F)(F)F)cc1Cl)[C@@H]1CCCO1. The average Bonchev–Trinajstić information content (AvgIpc) is 2.97. The largest absolute Gasteiger partial charge is 0.417 e. The highest BCUT2D eigenvalue weighted by molar-refractivity contribution is 6.32. The summed E-state index contributed by atoms with van der Waals surface area (Å²) in [5, 5.41) is 5.32. The molecule has 1 aromatic rings. The van der Waals surface area contributed by atoms with Crippen LogP contribution in [0.15, 0.2) is 12.3 Å². The van der Waals surface area contributed by atoms with Gasteiger partial charge in [0.05, 0.1) is 10.6 Å². The zero-order chi connectivity index (χ0) is 16.2. The fourth-order valence-electron chi connectivity index (χ4n) is 1.99. The molecule has 0 aliphatic carbocycles. The quantitative estimate of drug-likeness (QED) is 0.810. The number of ether oxygens (including phenoxy) is 1. The van der Waals surface area contributed by atoms with Crippen LogP contribution in [-0.2, 0) is 15.7 Å². The standard InChI is InChI=1S/C13H15ClF3N3O2/c14-9-6-8(13(15,16)17)7-20-11(9)18-3-4-19-12(21)10-2-1-5-22-10/h6-7,10H,1-5H2,(H,18,20)(H,19,21)/t10-/m0/s1. The van der Waals surface area contributed by atoms with Crippen molar-refractivity contribution in [2.24, 2.45) is 0 Å². The van der Waals surface area contributed by atoms with Gasteiger partial charge in [-0.2, -0.15) is 13.2 Å². The summed E-state index contributed by atoms with van der Waals surface area (Å²) in [6.07, 6.45) is -2.62. The number of alkyl halides is 3. The van der Waals surface area contributed by atoms with Crippen LogP contribution in [0.5, 0.6) is 0 Å². The molecule has 1 aliphatic rings. The van der Waals surface area contributed by atoms with Crippen molar-refractivity contribution in [1.29, 1.82) is 0 Å². The predicted molar refractivity (Wildman–Crippen MR) is 74.7 cm³/mol. The van der Waals surface area contributed by atoms with Crippen molar-refractivity contribution in [2.75, 3.05) is 25.0 Å². The van der Waals surface area contributed by atoms with Crippen LogP contribution in [0, 0.1) is 0 Å². The lowest BCUT2D eigenvalue weighted by Gasteiger charge is -2.12. The summed E-state index contributed by atoms with van der Waals surface area (Å²) in [4.78, 5) is 15.3. The molecule has 2 heterocycles. The number of amides is 1. The average molecular weight is 338 g/mol. The lowest BCUT2D eigenvalue weighted by molar-refractivity contribution is -0.137. The van der Waals surface area contributed by atoms with Crippen molar-refractivity contribution in [3.05, 3.63) is 22.8 Å². The second-order valence-electron chi connectivity index (χ2n) is 4.77. The second kappa shape index (κ2) is 7.15. The number of pyridine rings is 1. The van der Waals surface area contributed by atoms with Crippen molar-refractivity contribution < 1.29 is 22.7 Å². The molecular formula is C13H15ClF3N3O2. The Bertz CT molecular complexity index is 534. The Hall–Kier alpha value is -1.54. The Morgan fingerprint density at radius 1 is 1.45 bits per heavy atom. The molecule has 122 valence electrons. The summed E-state index contributed by atoms with van der Waals surface area (Å²) < 4.78 is 42.6. The van der Waals surface area contributed by atoms with Crippen LogP contribution in [0.3, 0.4) is 0 Å². The number of nitrogens with zero attached hydrogens (tertiary/aromatic N) is 1. The van der Waals surface area contributed by atoms with E-state index in [4.69, 9.17) is 16.3 Å². The Morgan fingerprint density at radius 3 is 2.82 bits per heavy atom. The zero-order valence-electron chi connectivity index (χ0n) is 11.5. The Balaban J connectivity index is 1.78. The van der Waals surface area contributed by atoms with E-state index in [2.05, 4.69) is 15.6 Å². The molecule has 0 radical (unpaired) electrons. The number of rotatable bonds is 5. The van der Waals surface area contributed by atoms with Gasteiger partial charge in [-0.1, -0.05) is 11.6 Å². The van der Waals surface area contributed by atoms with E-state index in [0.717, 1.165) is 12.5 Å². The number of carbonyl (C=O) groups is 1. The fourth-order valence-corrected chi connectivity index (χ4v) is 2.22. The van der Waals surface area contributed by atoms with Crippen molar-refractivity contribution in [3.63, 3.8) is 0 Å². The number of hydrogen-bond acceptors (Lipinski definition) is 4. The molecule has 2 N–H and O–H groups in total. The van der Waals surface area contributed by atoms with E-state index >= 15 is 0 Å². The van der Waals surface area contributed by atoms with Crippen molar-refractivity contribution >= 4 is 23.3 Å². The van der Waals surface area contributed by atoms with Crippen LogP contribution in [0.1, 0.15) is 18.4 Å². The number of nitrogens with one attached hydrogen (secondary N) is 2. The number of halogens is 4. The first-order chi connectivity index (χ1) is 10.4. The van der Waals surface area contributed by atoms with Gasteiger partial charge in [0.2, 0.25) is 5.91 Å². The van der Waals surface area contributed by atoms with Gasteiger partial charge in [-0.15, -0.1) is 0 Å². The van der Waals surface area contributed by atoms with E-state index in [1.165, 1.54) is 0 Å². The van der Waals surface area contributed by atoms with E-state index in [9.17, 15) is 18.0 Å². The van der Waals surface area contributed by atoms with E-state index in [0.29, 0.717) is 19.2 Å². The Morgan fingerprint density at radius 2 is 2.23 bits per heavy atom. The third-order valence-electron chi connectivity index (χ3n) is 3.11. The number of aromatic nitrogens is 1. The Labute approximate surface area is 130 Å². The maximum Gasteiger partial charge on any atom is 0.417 e. The molecule has 1 amide bonds. The summed E-state index contributed by atoms with van der Waals surface area (Å²) in [6, 6.07) is 0.807. The lowest BCUT2D eigenvalue weighted by atomic mass is 10.2. The van der Waals surface area contributed by atoms with E-state index in [1.54, 1.807) is 0 Å². The highest BCUT2D eigenvalue weighted by atomic mass is 35.5. The minimum atomic E-state index is -4.48. The third kappa shape index (κ3) is 4.48. The number of anilines is 1. The maximum absolute atomic E-state index is 12.5. The van der Waals surface area contributed by atoms with Gasteiger partial charge < -0.3 is 15.4 Å². The van der Waals surface area contributed by atoms with Gasteiger partial charge in [-0.25, -0.2) is 4.98 Å². The first-order valence-electron chi connectivity index (χ1n) is 6.74. The minimum absolute atomic E-state index is 0.125. The van der Waals surface area contributed by atoms with Gasteiger partial charge in [-0.3, -0.25) is 4.79 Å². The summed E-state index contributed by atoms with van der Waals surface area (Å²) >= 11 is 5.75. The molecule has 1 aliphatic heterocycles. The van der Waals surface area contributed by atoms with Crippen LogP contribution in [0.25, 0.3) is 0 Å². The number of hydrogen-bond donors (Lipinski definition) is 2. The zero-order valence-corrected chi connectivity index (χ0v) is 12.3. The van der Waals surface area contributed by atoms with Crippen molar-refractivity contribution in [2.45, 2.75) is 25.1 Å². The molecule has 0 aromatic carbocycles. The highest BCUT2D eigenvalue weighted by Gasteiger charge is 2.31. The minimum Gasteiger partial charge on any atom is -0.368 e. The summed E-state index contributed by atoms with van der Waals surface area (Å²) in [7, 11) is 0. The normalized spacial score (nSPS) is 18.3. The molecule has 1 aromatic heterocycles. The maximum atomic E-state index is 12.5. The smallest absolute Gasteiger partial charge is 0.368 e. The molecule has 1 saturated heterocycles. The molecule has 0 saturated carbocycles. The molecule has 1 fully saturated rings. The summed E-state index contributed by atoms with van der Waals surface area (Å²) in [5.41, 5.74) is -0.908. The molecule has 22 heavy (non-hydrogen) atoms. The summed E-state index contributed by atoms with van der Waals surface area (Å²) in [6.45, 7) is 1.16. The fraction of sp³-hybridized carbons (Fsp3) is 0.538. The second-order valence-corrected chi connectivity index (χ2v) is 5.18. The van der Waals surface area contributed by atoms with Gasteiger partial charge in [0.15, 0.2) is 0 Å². The van der Waals surface area contributed by atoms with E-state index in [-0.39, 0.29) is 29.8 Å². The van der Waals surface area contributed by atoms with Gasteiger partial charge in [0.25, 0.3) is 0 Å². The molecule has 5 nitrogen and oxygen atoms in total. The van der Waals surface area contributed by atoms with Gasteiger partial charge in [-0.05, 0) is 18.9 Å². The molecule has 9 heteroatoms. The van der Waals surface area contributed by atoms with Crippen LogP contribution in [0.2, 0.25) is 5.02 Å². The predicted octanol–water partition coefficient (Wildman–Crippen LogP) is 2.46. The first-order valence-corrected chi connectivity index (χ1v) is 7.11. The molecule has 1 atom stereocenters. The summed E-state index contributed by atoms with van der Waals surface area (Å²) in [5.74, 6) is -0.0493. The van der Waals surface area contributed by atoms with E-state index < -0.39 is 17.8 Å². The van der Waals surface area contributed by atoms with Crippen LogP contribution in [-0.4, -0.2) is 36.7 Å². The third-order valence-corrected chi connectivity index (χ3v) is 3.40. The molecule has 2 rings (SSSR count). The van der Waals surface area contributed by atoms with Crippen LogP contribution < -0.4 is 10.6 Å². The molecule has 0 spiro atoms.